The standard InChI is InChI=1S/C21H21ClN4O4S/c1-12-10-16(25-30-12)18(27)24-20-23-15-8-9-26(11-17(15)31-20)19(28)21(2,3)29-14-6-4-13(22)5-7-14/h4-7,10H,8-9,11H2,1-3H3,(H,23,24,27). The number of carbonyl (C=O) groups excluding carboxylic acids is 2. The summed E-state index contributed by atoms with van der Waals surface area (Å²) in [7, 11) is 0. The highest BCUT2D eigenvalue weighted by atomic mass is 35.5. The van der Waals surface area contributed by atoms with Crippen LogP contribution in [0.4, 0.5) is 5.13 Å². The third-order valence-corrected chi connectivity index (χ3v) is 6.05. The largest absolute Gasteiger partial charge is 0.478 e. The van der Waals surface area contributed by atoms with Crippen LogP contribution in [-0.2, 0) is 17.8 Å². The lowest BCUT2D eigenvalue weighted by Gasteiger charge is -2.34. The lowest BCUT2D eigenvalue weighted by Crippen LogP contribution is -2.50. The SMILES string of the molecule is Cc1cc(C(=O)Nc2nc3c(s2)CN(C(=O)C(C)(C)Oc2ccc(Cl)cc2)CC3)no1. The van der Waals surface area contributed by atoms with Crippen LogP contribution < -0.4 is 10.1 Å². The number of aromatic nitrogens is 2. The van der Waals surface area contributed by atoms with Gasteiger partial charge in [-0.05, 0) is 45.0 Å². The van der Waals surface area contributed by atoms with Crippen LogP contribution in [0.2, 0.25) is 5.02 Å². The molecule has 1 aliphatic heterocycles. The number of hydrogen-bond acceptors (Lipinski definition) is 7. The molecule has 0 radical (unpaired) electrons. The Bertz CT molecular complexity index is 1120. The molecule has 0 atom stereocenters. The minimum atomic E-state index is -1.04. The van der Waals surface area contributed by atoms with Gasteiger partial charge < -0.3 is 14.2 Å². The Morgan fingerprint density at radius 1 is 1.29 bits per heavy atom. The van der Waals surface area contributed by atoms with E-state index in [1.807, 2.05) is 0 Å². The summed E-state index contributed by atoms with van der Waals surface area (Å²) in [6.45, 7) is 6.15. The molecule has 0 aliphatic carbocycles. The maximum Gasteiger partial charge on any atom is 0.279 e. The van der Waals surface area contributed by atoms with Gasteiger partial charge in [-0.25, -0.2) is 4.98 Å². The fourth-order valence-electron chi connectivity index (χ4n) is 3.28. The van der Waals surface area contributed by atoms with Crippen LogP contribution in [0.15, 0.2) is 34.9 Å². The Morgan fingerprint density at radius 3 is 2.71 bits per heavy atom. The van der Waals surface area contributed by atoms with Gasteiger partial charge in [0.25, 0.3) is 11.8 Å². The molecular weight excluding hydrogens is 440 g/mol. The third kappa shape index (κ3) is 4.72. The normalized spacial score (nSPS) is 13.6. The molecular formula is C21H21ClN4O4S. The number of thiazole rings is 1. The topological polar surface area (TPSA) is 97.6 Å². The highest BCUT2D eigenvalue weighted by molar-refractivity contribution is 7.15. The van der Waals surface area contributed by atoms with Crippen LogP contribution in [0.5, 0.6) is 5.75 Å². The fraction of sp³-hybridized carbons (Fsp3) is 0.333. The summed E-state index contributed by atoms with van der Waals surface area (Å²) in [6.07, 6.45) is 0.605. The Labute approximate surface area is 188 Å². The molecule has 0 spiro atoms. The number of aryl methyl sites for hydroxylation is 1. The summed E-state index contributed by atoms with van der Waals surface area (Å²) in [5.41, 5.74) is 0.0402. The van der Waals surface area contributed by atoms with E-state index in [9.17, 15) is 9.59 Å². The first-order valence-electron chi connectivity index (χ1n) is 9.68. The van der Waals surface area contributed by atoms with Crippen LogP contribution in [0.1, 0.15) is 40.7 Å². The van der Waals surface area contributed by atoms with Gasteiger partial charge in [-0.1, -0.05) is 28.1 Å². The van der Waals surface area contributed by atoms with Crippen molar-refractivity contribution in [2.45, 2.75) is 39.3 Å². The molecule has 0 bridgehead atoms. The highest BCUT2D eigenvalue weighted by Crippen LogP contribution is 2.30. The molecule has 8 nitrogen and oxygen atoms in total. The molecule has 2 amide bonds. The van der Waals surface area contributed by atoms with Crippen molar-refractivity contribution in [2.75, 3.05) is 11.9 Å². The Kier molecular flexibility index (Phi) is 5.72. The van der Waals surface area contributed by atoms with E-state index >= 15 is 0 Å². The second-order valence-corrected chi connectivity index (χ2v) is 9.23. The summed E-state index contributed by atoms with van der Waals surface area (Å²) < 4.78 is 10.9. The second kappa shape index (κ2) is 8.32. The maximum atomic E-state index is 13.1. The number of fused-ring (bicyclic) bond motifs is 1. The number of carbonyl (C=O) groups is 2. The molecule has 0 unspecified atom stereocenters. The number of ether oxygens (including phenoxy) is 1. The van der Waals surface area contributed by atoms with E-state index in [4.69, 9.17) is 20.9 Å². The van der Waals surface area contributed by atoms with Crippen LogP contribution in [-0.4, -0.2) is 39.0 Å². The quantitative estimate of drug-likeness (QED) is 0.615. The van der Waals surface area contributed by atoms with Gasteiger partial charge >= 0.3 is 0 Å². The molecule has 0 saturated heterocycles. The summed E-state index contributed by atoms with van der Waals surface area (Å²) in [5, 5.41) is 7.54. The van der Waals surface area contributed by atoms with E-state index in [-0.39, 0.29) is 17.5 Å². The Hall–Kier alpha value is -2.91. The van der Waals surface area contributed by atoms with Crippen LogP contribution >= 0.6 is 22.9 Å². The van der Waals surface area contributed by atoms with E-state index in [1.54, 1.807) is 56.0 Å². The fourth-order valence-corrected chi connectivity index (χ4v) is 4.42. The van der Waals surface area contributed by atoms with Crippen molar-refractivity contribution >= 4 is 39.9 Å². The zero-order valence-electron chi connectivity index (χ0n) is 17.3. The molecule has 2 aromatic heterocycles. The monoisotopic (exact) mass is 460 g/mol. The number of nitrogens with zero attached hydrogens (tertiary/aromatic N) is 3. The lowest BCUT2D eigenvalue weighted by atomic mass is 10.1. The van der Waals surface area contributed by atoms with Gasteiger partial charge in [0.1, 0.15) is 11.5 Å². The molecule has 162 valence electrons. The summed E-state index contributed by atoms with van der Waals surface area (Å²) in [4.78, 5) is 32.6. The van der Waals surface area contributed by atoms with Gasteiger partial charge in [0.15, 0.2) is 16.4 Å². The van der Waals surface area contributed by atoms with E-state index in [0.29, 0.717) is 41.2 Å². The number of rotatable bonds is 5. The Balaban J connectivity index is 1.42. The summed E-state index contributed by atoms with van der Waals surface area (Å²) in [5.74, 6) is 0.631. The van der Waals surface area contributed by atoms with Crippen molar-refractivity contribution in [1.29, 1.82) is 0 Å². The minimum Gasteiger partial charge on any atom is -0.478 e. The maximum absolute atomic E-state index is 13.1. The predicted molar refractivity (Wildman–Crippen MR) is 117 cm³/mol. The zero-order valence-corrected chi connectivity index (χ0v) is 18.8. The van der Waals surface area contributed by atoms with Gasteiger partial charge in [0.05, 0.1) is 12.2 Å². The average Bonchev–Trinajstić information content (AvgIpc) is 3.34. The molecule has 3 heterocycles. The van der Waals surface area contributed by atoms with E-state index in [2.05, 4.69) is 15.5 Å². The van der Waals surface area contributed by atoms with Crippen LogP contribution in [0.25, 0.3) is 0 Å². The van der Waals surface area contributed by atoms with E-state index in [1.165, 1.54) is 11.3 Å². The molecule has 1 aromatic carbocycles. The van der Waals surface area contributed by atoms with Crippen molar-refractivity contribution in [1.82, 2.24) is 15.0 Å². The third-order valence-electron chi connectivity index (χ3n) is 4.80. The van der Waals surface area contributed by atoms with Crippen LogP contribution in [0, 0.1) is 6.92 Å². The van der Waals surface area contributed by atoms with Crippen molar-refractivity contribution < 1.29 is 18.8 Å². The van der Waals surface area contributed by atoms with E-state index < -0.39 is 5.60 Å². The average molecular weight is 461 g/mol. The number of nitrogens with one attached hydrogen (secondary N) is 1. The molecule has 3 aromatic rings. The lowest BCUT2D eigenvalue weighted by molar-refractivity contribution is -0.146. The van der Waals surface area contributed by atoms with Crippen molar-refractivity contribution in [3.8, 4) is 5.75 Å². The number of halogens is 1. The van der Waals surface area contributed by atoms with Crippen molar-refractivity contribution in [2.24, 2.45) is 0 Å². The number of benzene rings is 1. The first-order chi connectivity index (χ1) is 14.7. The van der Waals surface area contributed by atoms with Gasteiger partial charge in [0, 0.05) is 28.9 Å². The summed E-state index contributed by atoms with van der Waals surface area (Å²) in [6, 6.07) is 8.47. The van der Waals surface area contributed by atoms with Gasteiger partial charge in [-0.3, -0.25) is 14.9 Å². The molecule has 0 fully saturated rings. The molecule has 4 rings (SSSR count). The molecule has 10 heteroatoms. The summed E-state index contributed by atoms with van der Waals surface area (Å²) >= 11 is 7.27. The van der Waals surface area contributed by atoms with Crippen LogP contribution in [0.3, 0.4) is 0 Å². The highest BCUT2D eigenvalue weighted by Gasteiger charge is 2.36. The molecule has 1 aliphatic rings. The first kappa shape index (κ1) is 21.3. The van der Waals surface area contributed by atoms with E-state index in [0.717, 1.165) is 10.6 Å². The van der Waals surface area contributed by atoms with Gasteiger partial charge in [0.2, 0.25) is 0 Å². The number of anilines is 1. The minimum absolute atomic E-state index is 0.120. The number of hydrogen-bond donors (Lipinski definition) is 1. The number of amides is 2. The molecule has 0 saturated carbocycles. The smallest absolute Gasteiger partial charge is 0.279 e. The van der Waals surface area contributed by atoms with Gasteiger partial charge in [-0.2, -0.15) is 0 Å². The molecule has 1 N–H and O–H groups in total. The Morgan fingerprint density at radius 2 is 2.03 bits per heavy atom. The van der Waals surface area contributed by atoms with Gasteiger partial charge in [-0.15, -0.1) is 0 Å². The predicted octanol–water partition coefficient (Wildman–Crippen LogP) is 4.09. The molecule has 31 heavy (non-hydrogen) atoms. The first-order valence-corrected chi connectivity index (χ1v) is 10.9. The zero-order chi connectivity index (χ0) is 22.2. The second-order valence-electron chi connectivity index (χ2n) is 7.71. The van der Waals surface area contributed by atoms with Crippen molar-refractivity contribution in [3.63, 3.8) is 0 Å². The van der Waals surface area contributed by atoms with Crippen molar-refractivity contribution in [3.05, 3.63) is 57.4 Å².